The van der Waals surface area contributed by atoms with Crippen LogP contribution in [0.4, 0.5) is 4.79 Å². The van der Waals surface area contributed by atoms with Crippen molar-refractivity contribution >= 4 is 28.1 Å². The van der Waals surface area contributed by atoms with E-state index in [0.717, 1.165) is 23.2 Å². The zero-order valence-electron chi connectivity index (χ0n) is 26.2. The molecule has 10 heteroatoms. The molecular formula is C32H50N2O6Si2. The maximum Gasteiger partial charge on any atom is 0.321 e. The highest BCUT2D eigenvalue weighted by atomic mass is 28.3. The quantitative estimate of drug-likeness (QED) is 0.140. The van der Waals surface area contributed by atoms with Crippen LogP contribution < -0.4 is 10.6 Å². The number of carbonyl (C=O) groups excluding carboxylic acids is 2. The first-order valence-corrected chi connectivity index (χ1v) is 22.4. The molecule has 3 rings (SSSR count). The molecule has 0 spiro atoms. The third kappa shape index (κ3) is 12.1. The van der Waals surface area contributed by atoms with Gasteiger partial charge in [-0.15, -0.1) is 0 Å². The van der Waals surface area contributed by atoms with E-state index >= 15 is 0 Å². The van der Waals surface area contributed by atoms with Crippen molar-refractivity contribution in [3.05, 3.63) is 71.8 Å². The molecule has 1 saturated heterocycles. The standard InChI is InChI=1S/C32H50N2O6Si2/c1-41(2,3)19-17-37-24-39-29-23-32(22-27-15-11-8-12-16-27,40-25-38-18-20-42(4,5)6)30(35)34-31(36)33-28(29)21-26-13-9-7-10-14-26/h7-16,28-29H,17-25H2,1-6H3,(H2,33,34,35,36)/t28-,29?,32?/m0/s1. The van der Waals surface area contributed by atoms with Crippen LogP contribution in [0.15, 0.2) is 60.7 Å². The van der Waals surface area contributed by atoms with Crippen molar-refractivity contribution in [2.24, 2.45) is 0 Å². The van der Waals surface area contributed by atoms with Crippen LogP contribution in [-0.4, -0.2) is 72.6 Å². The fraction of sp³-hybridized carbons (Fsp3) is 0.562. The third-order valence-electron chi connectivity index (χ3n) is 7.34. The van der Waals surface area contributed by atoms with Crippen molar-refractivity contribution in [3.8, 4) is 0 Å². The van der Waals surface area contributed by atoms with E-state index < -0.39 is 45.8 Å². The smallest absolute Gasteiger partial charge is 0.321 e. The van der Waals surface area contributed by atoms with E-state index in [1.165, 1.54) is 0 Å². The second-order valence-corrected chi connectivity index (χ2v) is 24.9. The Morgan fingerprint density at radius 1 is 0.786 bits per heavy atom. The van der Waals surface area contributed by atoms with Crippen molar-refractivity contribution < 1.29 is 28.5 Å². The van der Waals surface area contributed by atoms with Gasteiger partial charge in [-0.2, -0.15) is 0 Å². The predicted molar refractivity (Wildman–Crippen MR) is 172 cm³/mol. The lowest BCUT2D eigenvalue weighted by atomic mass is 9.83. The summed E-state index contributed by atoms with van der Waals surface area (Å²) in [5.74, 6) is -0.510. The van der Waals surface area contributed by atoms with E-state index in [0.29, 0.717) is 19.6 Å². The Bertz CT molecular complexity index is 1110. The van der Waals surface area contributed by atoms with Gasteiger partial charge in [-0.1, -0.05) is 99.9 Å². The normalized spacial score (nSPS) is 21.8. The van der Waals surface area contributed by atoms with Gasteiger partial charge in [0.05, 0.1) is 12.1 Å². The molecule has 2 unspecified atom stereocenters. The lowest BCUT2D eigenvalue weighted by molar-refractivity contribution is -0.185. The molecule has 42 heavy (non-hydrogen) atoms. The summed E-state index contributed by atoms with van der Waals surface area (Å²) < 4.78 is 24.5. The van der Waals surface area contributed by atoms with Crippen LogP contribution in [0.2, 0.25) is 51.4 Å². The number of hydrogen-bond acceptors (Lipinski definition) is 6. The minimum Gasteiger partial charge on any atom is -0.356 e. The summed E-state index contributed by atoms with van der Waals surface area (Å²) >= 11 is 0. The molecule has 3 amide bonds. The van der Waals surface area contributed by atoms with Gasteiger partial charge in [0.2, 0.25) is 0 Å². The Labute approximate surface area is 253 Å². The molecule has 1 fully saturated rings. The molecule has 1 aliphatic rings. The van der Waals surface area contributed by atoms with E-state index in [-0.39, 0.29) is 26.4 Å². The number of ether oxygens (including phenoxy) is 4. The number of hydrogen-bond donors (Lipinski definition) is 2. The molecular weight excluding hydrogens is 565 g/mol. The van der Waals surface area contributed by atoms with Gasteiger partial charge in [-0.05, 0) is 29.6 Å². The summed E-state index contributed by atoms with van der Waals surface area (Å²) in [4.78, 5) is 26.9. The average molecular weight is 615 g/mol. The highest BCUT2D eigenvalue weighted by Gasteiger charge is 2.47. The fourth-order valence-corrected chi connectivity index (χ4v) is 6.23. The molecule has 0 radical (unpaired) electrons. The Kier molecular flexibility index (Phi) is 13.0. The van der Waals surface area contributed by atoms with Gasteiger partial charge < -0.3 is 24.3 Å². The number of rotatable bonds is 16. The number of urea groups is 1. The molecule has 0 aliphatic carbocycles. The molecule has 2 aromatic rings. The number of imide groups is 1. The zero-order valence-corrected chi connectivity index (χ0v) is 28.2. The van der Waals surface area contributed by atoms with Gasteiger partial charge in [0.1, 0.15) is 13.6 Å². The van der Waals surface area contributed by atoms with E-state index in [1.54, 1.807) is 0 Å². The van der Waals surface area contributed by atoms with Crippen LogP contribution >= 0.6 is 0 Å². The minimum absolute atomic E-state index is 0.0604. The van der Waals surface area contributed by atoms with Gasteiger partial charge in [0.15, 0.2) is 5.60 Å². The molecule has 1 aliphatic heterocycles. The maximum atomic E-state index is 13.8. The lowest BCUT2D eigenvalue weighted by Crippen LogP contribution is -2.63. The summed E-state index contributed by atoms with van der Waals surface area (Å²) in [6, 6.07) is 20.6. The molecule has 1 heterocycles. The molecule has 2 N–H and O–H groups in total. The first-order chi connectivity index (χ1) is 19.9. The third-order valence-corrected chi connectivity index (χ3v) is 10.8. The van der Waals surface area contributed by atoms with Crippen LogP contribution in [0.1, 0.15) is 17.5 Å². The van der Waals surface area contributed by atoms with Crippen molar-refractivity contribution in [1.82, 2.24) is 10.6 Å². The molecule has 0 saturated carbocycles. The van der Waals surface area contributed by atoms with E-state index in [1.807, 2.05) is 60.7 Å². The van der Waals surface area contributed by atoms with Crippen LogP contribution in [0, 0.1) is 0 Å². The first kappa shape index (κ1) is 34.1. The SMILES string of the molecule is C[Si](C)(C)CCOCOC1CC(Cc2ccccc2)(OCOCC[Si](C)(C)C)C(=O)NC(=O)N[C@H]1Cc1ccccc1. The minimum atomic E-state index is -1.39. The van der Waals surface area contributed by atoms with Crippen LogP contribution in [0.25, 0.3) is 0 Å². The van der Waals surface area contributed by atoms with Gasteiger partial charge in [0.25, 0.3) is 5.91 Å². The summed E-state index contributed by atoms with van der Waals surface area (Å²) in [6.07, 6.45) is 0.438. The summed E-state index contributed by atoms with van der Waals surface area (Å²) in [5, 5.41) is 5.52. The van der Waals surface area contributed by atoms with Crippen molar-refractivity contribution in [3.63, 3.8) is 0 Å². The Hall–Kier alpha value is -2.35. The Morgan fingerprint density at radius 2 is 1.33 bits per heavy atom. The molecule has 232 valence electrons. The van der Waals surface area contributed by atoms with Crippen LogP contribution in [0.3, 0.4) is 0 Å². The van der Waals surface area contributed by atoms with Gasteiger partial charge in [-0.3, -0.25) is 10.1 Å². The van der Waals surface area contributed by atoms with E-state index in [4.69, 9.17) is 18.9 Å². The van der Waals surface area contributed by atoms with Crippen LogP contribution in [0.5, 0.6) is 0 Å². The highest BCUT2D eigenvalue weighted by molar-refractivity contribution is 6.76. The average Bonchev–Trinajstić information content (AvgIpc) is 2.91. The number of nitrogens with one attached hydrogen (secondary N) is 2. The summed E-state index contributed by atoms with van der Waals surface area (Å²) in [7, 11) is -2.57. The lowest BCUT2D eigenvalue weighted by Gasteiger charge is -2.40. The Balaban J connectivity index is 1.88. The monoisotopic (exact) mass is 614 g/mol. The summed E-state index contributed by atoms with van der Waals surface area (Å²) in [5.41, 5.74) is 0.573. The first-order valence-electron chi connectivity index (χ1n) is 15.0. The Morgan fingerprint density at radius 3 is 1.90 bits per heavy atom. The maximum absolute atomic E-state index is 13.8. The van der Waals surface area contributed by atoms with Crippen molar-refractivity contribution in [1.29, 1.82) is 0 Å². The number of amides is 3. The second kappa shape index (κ2) is 15.9. The second-order valence-electron chi connectivity index (χ2n) is 13.6. The molecule has 3 atom stereocenters. The highest BCUT2D eigenvalue weighted by Crippen LogP contribution is 2.30. The molecule has 8 nitrogen and oxygen atoms in total. The van der Waals surface area contributed by atoms with Gasteiger partial charge in [-0.25, -0.2) is 4.79 Å². The van der Waals surface area contributed by atoms with Crippen molar-refractivity contribution in [2.45, 2.75) is 88.4 Å². The number of benzene rings is 2. The summed E-state index contributed by atoms with van der Waals surface area (Å²) in [6.45, 7) is 14.9. The van der Waals surface area contributed by atoms with Crippen molar-refractivity contribution in [2.75, 3.05) is 26.8 Å². The molecule has 2 aromatic carbocycles. The number of carbonyl (C=O) groups is 2. The largest absolute Gasteiger partial charge is 0.356 e. The predicted octanol–water partition coefficient (Wildman–Crippen LogP) is 5.84. The van der Waals surface area contributed by atoms with E-state index in [2.05, 4.69) is 49.9 Å². The topological polar surface area (TPSA) is 95.1 Å². The molecule has 0 aromatic heterocycles. The fourth-order valence-electron chi connectivity index (χ4n) is 4.72. The van der Waals surface area contributed by atoms with E-state index in [9.17, 15) is 9.59 Å². The van der Waals surface area contributed by atoms with Crippen LogP contribution in [-0.2, 0) is 36.6 Å². The molecule has 0 bridgehead atoms. The van der Waals surface area contributed by atoms with Gasteiger partial charge in [0, 0.05) is 42.2 Å². The van der Waals surface area contributed by atoms with Gasteiger partial charge >= 0.3 is 6.03 Å². The zero-order chi connectivity index (χ0) is 30.6.